The first-order chi connectivity index (χ1) is 7.29. The molecule has 2 rings (SSSR count). The van der Waals surface area contributed by atoms with Gasteiger partial charge in [0.1, 0.15) is 11.8 Å². The zero-order valence-electron chi connectivity index (χ0n) is 7.83. The summed E-state index contributed by atoms with van der Waals surface area (Å²) in [4.78, 5) is 7.87. The maximum absolute atomic E-state index is 8.40. The van der Waals surface area contributed by atoms with Crippen molar-refractivity contribution >= 4 is 5.84 Å². The Balaban J connectivity index is 2.03. The molecule has 0 atom stereocenters. The van der Waals surface area contributed by atoms with Crippen molar-refractivity contribution in [2.24, 2.45) is 10.9 Å². The van der Waals surface area contributed by atoms with Crippen molar-refractivity contribution in [2.75, 3.05) is 13.2 Å². The Morgan fingerprint density at radius 3 is 2.80 bits per heavy atom. The van der Waals surface area contributed by atoms with Crippen LogP contribution in [0.1, 0.15) is 5.69 Å². The molecule has 3 N–H and O–H groups in total. The second kappa shape index (κ2) is 4.09. The summed E-state index contributed by atoms with van der Waals surface area (Å²) in [6.07, 6.45) is 2.85. The number of hydrogen-bond donors (Lipinski definition) is 2. The molecule has 0 aromatic carbocycles. The fourth-order valence-corrected chi connectivity index (χ4v) is 1.01. The lowest BCUT2D eigenvalue weighted by molar-refractivity contribution is -0.0814. The standard InChI is InChI=1S/C8H10N4O3/c9-8(12-13)6-1-11-7(2-10-6)15-5-3-14-4-5/h1-2,5,13H,3-4H2,(H2,9,12). The monoisotopic (exact) mass is 210 g/mol. The van der Waals surface area contributed by atoms with Crippen LogP contribution in [0.4, 0.5) is 0 Å². The average molecular weight is 210 g/mol. The van der Waals surface area contributed by atoms with Crippen molar-refractivity contribution in [3.05, 3.63) is 18.1 Å². The predicted octanol–water partition coefficient (Wildman–Crippen LogP) is -0.651. The summed E-state index contributed by atoms with van der Waals surface area (Å²) in [5, 5.41) is 11.2. The highest BCUT2D eigenvalue weighted by atomic mass is 16.6. The highest BCUT2D eigenvalue weighted by Gasteiger charge is 2.20. The van der Waals surface area contributed by atoms with Crippen LogP contribution < -0.4 is 10.5 Å². The molecule has 0 saturated carbocycles. The molecule has 0 unspecified atom stereocenters. The second-order valence-corrected chi connectivity index (χ2v) is 3.00. The number of amidine groups is 1. The van der Waals surface area contributed by atoms with Gasteiger partial charge >= 0.3 is 0 Å². The first kappa shape index (κ1) is 9.66. The number of rotatable bonds is 3. The SMILES string of the molecule is NC(=NO)c1cnc(OC2COC2)cn1. The fraction of sp³-hybridized carbons (Fsp3) is 0.375. The zero-order chi connectivity index (χ0) is 10.7. The highest BCUT2D eigenvalue weighted by Crippen LogP contribution is 2.11. The molecule has 1 saturated heterocycles. The van der Waals surface area contributed by atoms with Crippen molar-refractivity contribution < 1.29 is 14.7 Å². The van der Waals surface area contributed by atoms with Crippen LogP contribution in [-0.2, 0) is 4.74 Å². The van der Waals surface area contributed by atoms with Gasteiger partial charge in [-0.1, -0.05) is 5.16 Å². The van der Waals surface area contributed by atoms with E-state index >= 15 is 0 Å². The smallest absolute Gasteiger partial charge is 0.232 e. The molecule has 7 nitrogen and oxygen atoms in total. The van der Waals surface area contributed by atoms with Crippen LogP contribution in [-0.4, -0.2) is 40.3 Å². The molecule has 0 aliphatic carbocycles. The zero-order valence-corrected chi connectivity index (χ0v) is 7.83. The summed E-state index contributed by atoms with van der Waals surface area (Å²) in [7, 11) is 0. The number of nitrogens with zero attached hydrogens (tertiary/aromatic N) is 3. The van der Waals surface area contributed by atoms with Crippen LogP contribution in [0.5, 0.6) is 5.88 Å². The summed E-state index contributed by atoms with van der Waals surface area (Å²) in [5.74, 6) is 0.318. The first-order valence-corrected chi connectivity index (χ1v) is 4.34. The molecular formula is C8H10N4O3. The van der Waals surface area contributed by atoms with E-state index < -0.39 is 0 Å². The number of nitrogens with two attached hydrogens (primary N) is 1. The lowest BCUT2D eigenvalue weighted by Gasteiger charge is -2.25. The van der Waals surface area contributed by atoms with Crippen molar-refractivity contribution in [1.82, 2.24) is 9.97 Å². The number of aromatic nitrogens is 2. The highest BCUT2D eigenvalue weighted by molar-refractivity contribution is 5.94. The normalized spacial score (nSPS) is 17.2. The Hall–Kier alpha value is -1.89. The molecule has 1 aromatic rings. The molecule has 7 heteroatoms. The van der Waals surface area contributed by atoms with Gasteiger partial charge in [-0.2, -0.15) is 0 Å². The van der Waals surface area contributed by atoms with Crippen molar-refractivity contribution in [3.8, 4) is 5.88 Å². The minimum atomic E-state index is -0.0824. The molecule has 0 amide bonds. The third-order valence-electron chi connectivity index (χ3n) is 1.89. The van der Waals surface area contributed by atoms with Crippen LogP contribution >= 0.6 is 0 Å². The Kier molecular flexibility index (Phi) is 2.64. The van der Waals surface area contributed by atoms with Crippen LogP contribution in [0, 0.1) is 0 Å². The lowest BCUT2D eigenvalue weighted by atomic mass is 10.3. The van der Waals surface area contributed by atoms with Gasteiger partial charge in [0.25, 0.3) is 0 Å². The molecule has 0 spiro atoms. The summed E-state index contributed by atoms with van der Waals surface area (Å²) in [5.41, 5.74) is 5.62. The summed E-state index contributed by atoms with van der Waals surface area (Å²) >= 11 is 0. The minimum absolute atomic E-state index is 0.0500. The van der Waals surface area contributed by atoms with E-state index in [1.54, 1.807) is 0 Å². The van der Waals surface area contributed by atoms with Crippen molar-refractivity contribution in [3.63, 3.8) is 0 Å². The average Bonchev–Trinajstić information content (AvgIpc) is 2.23. The molecule has 1 aromatic heterocycles. The Morgan fingerprint density at radius 1 is 1.53 bits per heavy atom. The van der Waals surface area contributed by atoms with Gasteiger partial charge in [0.15, 0.2) is 5.84 Å². The predicted molar refractivity (Wildman–Crippen MR) is 49.8 cm³/mol. The Bertz CT molecular complexity index is 361. The van der Waals surface area contributed by atoms with E-state index in [0.717, 1.165) is 0 Å². The molecule has 0 radical (unpaired) electrons. The molecule has 2 heterocycles. The van der Waals surface area contributed by atoms with Crippen LogP contribution in [0.2, 0.25) is 0 Å². The van der Waals surface area contributed by atoms with Crippen LogP contribution in [0.15, 0.2) is 17.5 Å². The van der Waals surface area contributed by atoms with E-state index in [9.17, 15) is 0 Å². The third-order valence-corrected chi connectivity index (χ3v) is 1.89. The second-order valence-electron chi connectivity index (χ2n) is 3.00. The van der Waals surface area contributed by atoms with Crippen molar-refractivity contribution in [2.45, 2.75) is 6.10 Å². The van der Waals surface area contributed by atoms with E-state index in [2.05, 4.69) is 15.1 Å². The Morgan fingerprint density at radius 2 is 2.33 bits per heavy atom. The number of ether oxygens (including phenoxy) is 2. The molecule has 15 heavy (non-hydrogen) atoms. The minimum Gasteiger partial charge on any atom is -0.468 e. The Labute approximate surface area is 85.5 Å². The third kappa shape index (κ3) is 2.13. The fourth-order valence-electron chi connectivity index (χ4n) is 1.01. The largest absolute Gasteiger partial charge is 0.468 e. The van der Waals surface area contributed by atoms with Crippen LogP contribution in [0.25, 0.3) is 0 Å². The topological polar surface area (TPSA) is 103 Å². The maximum atomic E-state index is 8.40. The van der Waals surface area contributed by atoms with E-state index in [4.69, 9.17) is 20.4 Å². The van der Waals surface area contributed by atoms with Crippen LogP contribution in [0.3, 0.4) is 0 Å². The summed E-state index contributed by atoms with van der Waals surface area (Å²) in [6, 6.07) is 0. The van der Waals surface area contributed by atoms with E-state index in [1.165, 1.54) is 12.4 Å². The van der Waals surface area contributed by atoms with Crippen molar-refractivity contribution in [1.29, 1.82) is 0 Å². The number of hydrogen-bond acceptors (Lipinski definition) is 6. The van der Waals surface area contributed by atoms with Gasteiger partial charge in [0.05, 0.1) is 25.6 Å². The van der Waals surface area contributed by atoms with Gasteiger partial charge in [0, 0.05) is 0 Å². The first-order valence-electron chi connectivity index (χ1n) is 4.34. The lowest BCUT2D eigenvalue weighted by Crippen LogP contribution is -2.38. The van der Waals surface area contributed by atoms with Gasteiger partial charge in [-0.3, -0.25) is 0 Å². The maximum Gasteiger partial charge on any atom is 0.232 e. The van der Waals surface area contributed by atoms with Gasteiger partial charge < -0.3 is 20.4 Å². The van der Waals surface area contributed by atoms with Gasteiger partial charge in [-0.05, 0) is 0 Å². The quantitative estimate of drug-likeness (QED) is 0.297. The van der Waals surface area contributed by atoms with E-state index in [0.29, 0.717) is 24.8 Å². The number of oxime groups is 1. The molecule has 1 aliphatic heterocycles. The molecule has 1 fully saturated rings. The molecule has 1 aliphatic rings. The van der Waals surface area contributed by atoms with Gasteiger partial charge in [-0.25, -0.2) is 9.97 Å². The summed E-state index contributed by atoms with van der Waals surface area (Å²) in [6.45, 7) is 1.15. The molecule has 80 valence electrons. The van der Waals surface area contributed by atoms with E-state index in [1.807, 2.05) is 0 Å². The van der Waals surface area contributed by atoms with Gasteiger partial charge in [-0.15, -0.1) is 0 Å². The van der Waals surface area contributed by atoms with Gasteiger partial charge in [0.2, 0.25) is 5.88 Å². The van der Waals surface area contributed by atoms with E-state index in [-0.39, 0.29) is 11.9 Å². The summed E-state index contributed by atoms with van der Waals surface area (Å²) < 4.78 is 10.3. The molecular weight excluding hydrogens is 200 g/mol. The molecule has 0 bridgehead atoms.